The number of rotatable bonds is 3. The summed E-state index contributed by atoms with van der Waals surface area (Å²) >= 11 is 0. The first-order valence-electron chi connectivity index (χ1n) is 4.30. The molecule has 2 N–H and O–H groups in total. The fourth-order valence-corrected chi connectivity index (χ4v) is 0.986. The van der Waals surface area contributed by atoms with Gasteiger partial charge in [-0.2, -0.15) is 0 Å². The number of phenolic OH excluding ortho intramolecular Hbond substituents is 1. The molecule has 1 atom stereocenters. The number of likely N-dealkylation sites (N-methyl/N-ethyl adjacent to an activating group) is 1. The lowest BCUT2D eigenvalue weighted by Gasteiger charge is -2.12. The van der Waals surface area contributed by atoms with Crippen molar-refractivity contribution in [3.05, 3.63) is 24.3 Å². The molecule has 0 unspecified atom stereocenters. The van der Waals surface area contributed by atoms with Crippen LogP contribution < -0.4 is 10.1 Å². The third-order valence-electron chi connectivity index (χ3n) is 1.77. The van der Waals surface area contributed by atoms with Gasteiger partial charge in [0.2, 0.25) is 0 Å². The van der Waals surface area contributed by atoms with Crippen molar-refractivity contribution in [3.63, 3.8) is 0 Å². The minimum Gasteiger partial charge on any atom is -0.508 e. The van der Waals surface area contributed by atoms with E-state index in [9.17, 15) is 4.79 Å². The van der Waals surface area contributed by atoms with Crippen LogP contribution in [0.4, 0.5) is 0 Å². The Hall–Kier alpha value is -1.71. The molecule has 1 aromatic carbocycles. The van der Waals surface area contributed by atoms with Crippen molar-refractivity contribution in [2.24, 2.45) is 0 Å². The summed E-state index contributed by atoms with van der Waals surface area (Å²) in [5.74, 6) is 0.543. The average molecular weight is 195 g/mol. The van der Waals surface area contributed by atoms with E-state index in [-0.39, 0.29) is 11.7 Å². The van der Waals surface area contributed by atoms with Crippen molar-refractivity contribution >= 4 is 5.91 Å². The number of hydrogen-bond donors (Lipinski definition) is 2. The Bertz CT molecular complexity index is 308. The summed E-state index contributed by atoms with van der Waals surface area (Å²) < 4.78 is 5.30. The van der Waals surface area contributed by atoms with Crippen molar-refractivity contribution in [1.29, 1.82) is 0 Å². The molecule has 0 heterocycles. The van der Waals surface area contributed by atoms with Crippen LogP contribution in [0.5, 0.6) is 11.5 Å². The Kier molecular flexibility index (Phi) is 3.34. The maximum atomic E-state index is 11.1. The third-order valence-corrected chi connectivity index (χ3v) is 1.77. The van der Waals surface area contributed by atoms with Gasteiger partial charge in [0.15, 0.2) is 6.10 Å². The largest absolute Gasteiger partial charge is 0.508 e. The predicted molar refractivity (Wildman–Crippen MR) is 52.3 cm³/mol. The van der Waals surface area contributed by atoms with Crippen LogP contribution in [0.3, 0.4) is 0 Å². The molecule has 1 rings (SSSR count). The van der Waals surface area contributed by atoms with Crippen LogP contribution in [-0.2, 0) is 4.79 Å². The van der Waals surface area contributed by atoms with Gasteiger partial charge in [-0.1, -0.05) is 0 Å². The van der Waals surface area contributed by atoms with Crippen LogP contribution in [0.25, 0.3) is 0 Å². The number of benzene rings is 1. The molecule has 0 radical (unpaired) electrons. The normalized spacial score (nSPS) is 11.9. The molecule has 1 aromatic rings. The van der Waals surface area contributed by atoms with E-state index in [2.05, 4.69) is 5.32 Å². The fraction of sp³-hybridized carbons (Fsp3) is 0.300. The lowest BCUT2D eigenvalue weighted by Crippen LogP contribution is -2.33. The zero-order valence-electron chi connectivity index (χ0n) is 8.15. The number of carbonyl (C=O) groups is 1. The van der Waals surface area contributed by atoms with Crippen molar-refractivity contribution in [3.8, 4) is 11.5 Å². The number of hydrogen-bond acceptors (Lipinski definition) is 3. The summed E-state index contributed by atoms with van der Waals surface area (Å²) in [5, 5.41) is 11.5. The molecule has 0 aliphatic heterocycles. The molecular weight excluding hydrogens is 182 g/mol. The first-order chi connectivity index (χ1) is 6.63. The van der Waals surface area contributed by atoms with Crippen molar-refractivity contribution in [1.82, 2.24) is 5.32 Å². The molecule has 0 spiro atoms. The molecule has 14 heavy (non-hydrogen) atoms. The molecule has 0 fully saturated rings. The minimum atomic E-state index is -0.537. The minimum absolute atomic E-state index is 0.171. The zero-order chi connectivity index (χ0) is 10.6. The summed E-state index contributed by atoms with van der Waals surface area (Å²) in [4.78, 5) is 11.1. The quantitative estimate of drug-likeness (QED) is 0.753. The first kappa shape index (κ1) is 10.4. The summed E-state index contributed by atoms with van der Waals surface area (Å²) in [6.45, 7) is 1.66. The van der Waals surface area contributed by atoms with E-state index in [1.54, 1.807) is 26.1 Å². The van der Waals surface area contributed by atoms with Gasteiger partial charge in [-0.25, -0.2) is 0 Å². The molecule has 0 saturated carbocycles. The average Bonchev–Trinajstić information content (AvgIpc) is 2.20. The van der Waals surface area contributed by atoms with Crippen molar-refractivity contribution < 1.29 is 14.6 Å². The van der Waals surface area contributed by atoms with E-state index in [4.69, 9.17) is 9.84 Å². The standard InChI is InChI=1S/C10H13NO3/c1-7(10(13)11-2)14-9-5-3-8(12)4-6-9/h3-7,12H,1-2H3,(H,11,13)/t7-/m0/s1. The van der Waals surface area contributed by atoms with Gasteiger partial charge in [-0.15, -0.1) is 0 Å². The van der Waals surface area contributed by atoms with E-state index in [1.165, 1.54) is 12.1 Å². The molecular formula is C10H13NO3. The zero-order valence-corrected chi connectivity index (χ0v) is 8.15. The summed E-state index contributed by atoms with van der Waals surface area (Å²) in [5.41, 5.74) is 0. The molecule has 76 valence electrons. The molecule has 0 bridgehead atoms. The lowest BCUT2D eigenvalue weighted by molar-refractivity contribution is -0.126. The molecule has 0 saturated heterocycles. The Morgan fingerprint density at radius 1 is 1.43 bits per heavy atom. The number of ether oxygens (including phenoxy) is 1. The summed E-state index contributed by atoms with van der Waals surface area (Å²) in [6.07, 6.45) is -0.537. The van der Waals surface area contributed by atoms with E-state index in [0.717, 1.165) is 0 Å². The highest BCUT2D eigenvalue weighted by atomic mass is 16.5. The lowest BCUT2D eigenvalue weighted by atomic mass is 10.3. The Balaban J connectivity index is 2.60. The van der Waals surface area contributed by atoms with Crippen LogP contribution in [0.2, 0.25) is 0 Å². The maximum absolute atomic E-state index is 11.1. The number of nitrogens with one attached hydrogen (secondary N) is 1. The van der Waals surface area contributed by atoms with E-state index in [1.807, 2.05) is 0 Å². The van der Waals surface area contributed by atoms with Gasteiger partial charge < -0.3 is 15.2 Å². The van der Waals surface area contributed by atoms with Crippen molar-refractivity contribution in [2.75, 3.05) is 7.05 Å². The highest BCUT2D eigenvalue weighted by Gasteiger charge is 2.11. The molecule has 4 nitrogen and oxygen atoms in total. The van der Waals surface area contributed by atoms with E-state index in [0.29, 0.717) is 5.75 Å². The topological polar surface area (TPSA) is 58.6 Å². The number of carbonyl (C=O) groups excluding carboxylic acids is 1. The highest BCUT2D eigenvalue weighted by molar-refractivity contribution is 5.80. The molecule has 1 amide bonds. The van der Waals surface area contributed by atoms with E-state index < -0.39 is 6.10 Å². The van der Waals surface area contributed by atoms with Crippen LogP contribution in [0.15, 0.2) is 24.3 Å². The molecule has 4 heteroatoms. The second-order valence-electron chi connectivity index (χ2n) is 2.87. The number of amides is 1. The van der Waals surface area contributed by atoms with Gasteiger partial charge >= 0.3 is 0 Å². The Morgan fingerprint density at radius 2 is 2.00 bits per heavy atom. The van der Waals surface area contributed by atoms with Gasteiger partial charge in [0.1, 0.15) is 11.5 Å². The smallest absolute Gasteiger partial charge is 0.260 e. The second kappa shape index (κ2) is 4.50. The fourth-order valence-electron chi connectivity index (χ4n) is 0.986. The maximum Gasteiger partial charge on any atom is 0.260 e. The number of aromatic hydroxyl groups is 1. The van der Waals surface area contributed by atoms with Crippen LogP contribution in [-0.4, -0.2) is 24.2 Å². The van der Waals surface area contributed by atoms with Gasteiger partial charge in [-0.3, -0.25) is 4.79 Å². The van der Waals surface area contributed by atoms with Crippen LogP contribution in [0.1, 0.15) is 6.92 Å². The SMILES string of the molecule is CNC(=O)[C@H](C)Oc1ccc(O)cc1. The second-order valence-corrected chi connectivity index (χ2v) is 2.87. The van der Waals surface area contributed by atoms with E-state index >= 15 is 0 Å². The summed E-state index contributed by atoms with van der Waals surface area (Å²) in [6, 6.07) is 6.22. The predicted octanol–water partition coefficient (Wildman–Crippen LogP) is 0.905. The van der Waals surface area contributed by atoms with Gasteiger partial charge in [0.05, 0.1) is 0 Å². The Morgan fingerprint density at radius 3 is 2.50 bits per heavy atom. The van der Waals surface area contributed by atoms with Gasteiger partial charge in [-0.05, 0) is 31.2 Å². The van der Waals surface area contributed by atoms with Gasteiger partial charge in [0.25, 0.3) is 5.91 Å². The third kappa shape index (κ3) is 2.65. The summed E-state index contributed by atoms with van der Waals surface area (Å²) in [7, 11) is 1.55. The van der Waals surface area contributed by atoms with Gasteiger partial charge in [0, 0.05) is 7.05 Å². The monoisotopic (exact) mass is 195 g/mol. The molecule has 0 aromatic heterocycles. The number of phenols is 1. The van der Waals surface area contributed by atoms with Crippen molar-refractivity contribution in [2.45, 2.75) is 13.0 Å². The molecule has 0 aliphatic rings. The highest BCUT2D eigenvalue weighted by Crippen LogP contribution is 2.16. The molecule has 0 aliphatic carbocycles. The van der Waals surface area contributed by atoms with Crippen LogP contribution >= 0.6 is 0 Å². The Labute approximate surface area is 82.5 Å². The first-order valence-corrected chi connectivity index (χ1v) is 4.30. The van der Waals surface area contributed by atoms with Crippen LogP contribution in [0, 0.1) is 0 Å².